The zero-order chi connectivity index (χ0) is 12.1. The van der Waals surface area contributed by atoms with E-state index in [9.17, 15) is 26.7 Å². The number of carbonyl (C=O) groups is 1. The zero-order valence-corrected chi connectivity index (χ0v) is 7.78. The molecule has 2 nitrogen and oxygen atoms in total. The van der Waals surface area contributed by atoms with Crippen LogP contribution >= 0.6 is 0 Å². The molecule has 0 aromatic rings. The number of carbonyl (C=O) groups excluding carboxylic acids is 1. The summed E-state index contributed by atoms with van der Waals surface area (Å²) in [6, 6.07) is 0. The molecule has 0 radical (unpaired) electrons. The van der Waals surface area contributed by atoms with Gasteiger partial charge in [-0.15, -0.1) is 0 Å². The van der Waals surface area contributed by atoms with Crippen molar-refractivity contribution >= 4 is 5.97 Å². The van der Waals surface area contributed by atoms with Gasteiger partial charge in [-0.1, -0.05) is 6.08 Å². The summed E-state index contributed by atoms with van der Waals surface area (Å²) in [5.41, 5.74) is -0.340. The van der Waals surface area contributed by atoms with Gasteiger partial charge < -0.3 is 4.74 Å². The molecular formula is C8H9F5O2. The van der Waals surface area contributed by atoms with E-state index in [1.165, 1.54) is 0 Å². The molecule has 0 aliphatic heterocycles. The van der Waals surface area contributed by atoms with E-state index < -0.39 is 31.6 Å². The SMILES string of the molecule is CC(=CCC(F)(F)F)C(=O)OCC(F)F. The molecule has 0 aliphatic carbocycles. The van der Waals surface area contributed by atoms with E-state index in [-0.39, 0.29) is 5.57 Å². The van der Waals surface area contributed by atoms with E-state index in [2.05, 4.69) is 4.74 Å². The maximum absolute atomic E-state index is 11.7. The Morgan fingerprint density at radius 1 is 1.40 bits per heavy atom. The lowest BCUT2D eigenvalue weighted by atomic mass is 10.2. The fraction of sp³-hybridized carbons (Fsp3) is 0.625. The second-order valence-corrected chi connectivity index (χ2v) is 2.70. The van der Waals surface area contributed by atoms with Crippen LogP contribution in [0.1, 0.15) is 13.3 Å². The van der Waals surface area contributed by atoms with E-state index in [4.69, 9.17) is 0 Å². The summed E-state index contributed by atoms with van der Waals surface area (Å²) >= 11 is 0. The van der Waals surface area contributed by atoms with Crippen molar-refractivity contribution in [3.63, 3.8) is 0 Å². The van der Waals surface area contributed by atoms with E-state index >= 15 is 0 Å². The standard InChI is InChI=1S/C8H9F5O2/c1-5(2-3-8(11,12)13)7(14)15-4-6(9)10/h2,6H,3-4H2,1H3. The van der Waals surface area contributed by atoms with Gasteiger partial charge in [0.25, 0.3) is 6.43 Å². The highest BCUT2D eigenvalue weighted by atomic mass is 19.4. The van der Waals surface area contributed by atoms with E-state index in [1.54, 1.807) is 0 Å². The van der Waals surface area contributed by atoms with Gasteiger partial charge in [-0.05, 0) is 6.92 Å². The van der Waals surface area contributed by atoms with Crippen LogP contribution in [0.25, 0.3) is 0 Å². The second-order valence-electron chi connectivity index (χ2n) is 2.70. The molecule has 0 heterocycles. The third-order valence-electron chi connectivity index (χ3n) is 1.30. The lowest BCUT2D eigenvalue weighted by Gasteiger charge is -2.05. The van der Waals surface area contributed by atoms with Gasteiger partial charge in [-0.25, -0.2) is 13.6 Å². The molecule has 0 atom stereocenters. The molecule has 0 aromatic carbocycles. The van der Waals surface area contributed by atoms with Gasteiger partial charge >= 0.3 is 12.1 Å². The minimum atomic E-state index is -4.43. The number of rotatable bonds is 4. The van der Waals surface area contributed by atoms with Crippen LogP contribution in [0.5, 0.6) is 0 Å². The van der Waals surface area contributed by atoms with Gasteiger partial charge in [0.15, 0.2) is 6.61 Å². The Morgan fingerprint density at radius 2 is 1.93 bits per heavy atom. The van der Waals surface area contributed by atoms with Crippen LogP contribution in [-0.4, -0.2) is 25.2 Å². The third kappa shape index (κ3) is 7.90. The molecule has 0 aliphatic rings. The third-order valence-corrected chi connectivity index (χ3v) is 1.30. The first kappa shape index (κ1) is 13.9. The first-order valence-corrected chi connectivity index (χ1v) is 3.91. The van der Waals surface area contributed by atoms with Gasteiger partial charge in [-0.2, -0.15) is 13.2 Å². The molecule has 0 N–H and O–H groups in total. The normalized spacial score (nSPS) is 13.1. The van der Waals surface area contributed by atoms with Crippen LogP contribution in [0.2, 0.25) is 0 Å². The predicted octanol–water partition coefficient (Wildman–Crippen LogP) is 2.69. The van der Waals surface area contributed by atoms with Crippen LogP contribution in [0.15, 0.2) is 11.6 Å². The molecule has 88 valence electrons. The Kier molecular flexibility index (Phi) is 5.24. The van der Waals surface area contributed by atoms with E-state index in [0.29, 0.717) is 6.08 Å². The average molecular weight is 232 g/mol. The van der Waals surface area contributed by atoms with Gasteiger partial charge in [-0.3, -0.25) is 0 Å². The monoisotopic (exact) mass is 232 g/mol. The summed E-state index contributed by atoms with van der Waals surface area (Å²) in [7, 11) is 0. The van der Waals surface area contributed by atoms with Crippen LogP contribution in [-0.2, 0) is 9.53 Å². The molecule has 0 bridgehead atoms. The summed E-state index contributed by atoms with van der Waals surface area (Å²) in [4.78, 5) is 10.8. The number of allylic oxidation sites excluding steroid dienone is 1. The van der Waals surface area contributed by atoms with Crippen molar-refractivity contribution < 1.29 is 31.5 Å². The number of hydrogen-bond donors (Lipinski definition) is 0. The second kappa shape index (κ2) is 5.67. The predicted molar refractivity (Wildman–Crippen MR) is 41.4 cm³/mol. The fourth-order valence-corrected chi connectivity index (χ4v) is 0.605. The van der Waals surface area contributed by atoms with Crippen LogP contribution in [0.3, 0.4) is 0 Å². The molecule has 0 fully saturated rings. The first-order chi connectivity index (χ1) is 6.72. The summed E-state index contributed by atoms with van der Waals surface area (Å²) in [6.07, 6.45) is -7.95. The van der Waals surface area contributed by atoms with Gasteiger partial charge in [0.1, 0.15) is 0 Å². The largest absolute Gasteiger partial charge is 0.456 e. The number of hydrogen-bond acceptors (Lipinski definition) is 2. The Morgan fingerprint density at radius 3 is 2.33 bits per heavy atom. The van der Waals surface area contributed by atoms with Crippen molar-refractivity contribution in [1.82, 2.24) is 0 Å². The minimum Gasteiger partial charge on any atom is -0.456 e. The molecular weight excluding hydrogens is 223 g/mol. The van der Waals surface area contributed by atoms with Crippen molar-refractivity contribution in [1.29, 1.82) is 0 Å². The Labute approximate surface area is 82.7 Å². The Bertz CT molecular complexity index is 244. The zero-order valence-electron chi connectivity index (χ0n) is 7.78. The van der Waals surface area contributed by atoms with Crippen molar-refractivity contribution in [3.8, 4) is 0 Å². The van der Waals surface area contributed by atoms with Crippen LogP contribution in [0.4, 0.5) is 22.0 Å². The molecule has 7 heteroatoms. The molecule has 0 amide bonds. The molecule has 0 rings (SSSR count). The Hall–Kier alpha value is -1.14. The molecule has 15 heavy (non-hydrogen) atoms. The van der Waals surface area contributed by atoms with E-state index in [0.717, 1.165) is 6.92 Å². The van der Waals surface area contributed by atoms with Crippen LogP contribution < -0.4 is 0 Å². The molecule has 0 saturated carbocycles. The van der Waals surface area contributed by atoms with Crippen LogP contribution in [0, 0.1) is 0 Å². The first-order valence-electron chi connectivity index (χ1n) is 3.91. The van der Waals surface area contributed by atoms with Gasteiger partial charge in [0.05, 0.1) is 6.42 Å². The summed E-state index contributed by atoms with van der Waals surface area (Å²) in [6.45, 7) is -0.0461. The summed E-state index contributed by atoms with van der Waals surface area (Å²) in [5, 5.41) is 0. The number of alkyl halides is 5. The van der Waals surface area contributed by atoms with Crippen molar-refractivity contribution in [2.45, 2.75) is 25.9 Å². The quantitative estimate of drug-likeness (QED) is 0.423. The average Bonchev–Trinajstić information content (AvgIpc) is 2.08. The number of halogens is 5. The molecule has 0 spiro atoms. The minimum absolute atomic E-state index is 0.340. The number of ether oxygens (including phenoxy) is 1. The lowest BCUT2D eigenvalue weighted by Crippen LogP contribution is -2.13. The van der Waals surface area contributed by atoms with Crippen molar-refractivity contribution in [2.24, 2.45) is 0 Å². The molecule has 0 aromatic heterocycles. The lowest BCUT2D eigenvalue weighted by molar-refractivity contribution is -0.143. The van der Waals surface area contributed by atoms with Gasteiger partial charge in [0.2, 0.25) is 0 Å². The topological polar surface area (TPSA) is 26.3 Å². The van der Waals surface area contributed by atoms with Gasteiger partial charge in [0, 0.05) is 5.57 Å². The summed E-state index contributed by atoms with van der Waals surface area (Å²) in [5.74, 6) is -1.17. The molecule has 0 unspecified atom stereocenters. The maximum Gasteiger partial charge on any atom is 0.392 e. The van der Waals surface area contributed by atoms with E-state index in [1.807, 2.05) is 0 Å². The highest BCUT2D eigenvalue weighted by Crippen LogP contribution is 2.20. The molecule has 0 saturated heterocycles. The van der Waals surface area contributed by atoms with Crippen molar-refractivity contribution in [3.05, 3.63) is 11.6 Å². The Balaban J connectivity index is 4.08. The fourth-order valence-electron chi connectivity index (χ4n) is 0.605. The smallest absolute Gasteiger partial charge is 0.392 e. The highest BCUT2D eigenvalue weighted by molar-refractivity contribution is 5.87. The van der Waals surface area contributed by atoms with Crippen molar-refractivity contribution in [2.75, 3.05) is 6.61 Å². The highest BCUT2D eigenvalue weighted by Gasteiger charge is 2.25. The number of esters is 1. The summed E-state index contributed by atoms with van der Waals surface area (Å²) < 4.78 is 62.2. The maximum atomic E-state index is 11.7.